The number of nitrogens with zero attached hydrogens (tertiary/aromatic N) is 5. The Balaban J connectivity index is 1.04. The lowest BCUT2D eigenvalue weighted by Crippen LogP contribution is -2.44. The van der Waals surface area contributed by atoms with E-state index in [0.29, 0.717) is 24.3 Å². The van der Waals surface area contributed by atoms with Crippen molar-refractivity contribution in [3.05, 3.63) is 36.9 Å². The van der Waals surface area contributed by atoms with E-state index in [0.717, 1.165) is 87.7 Å². The van der Waals surface area contributed by atoms with E-state index in [2.05, 4.69) is 49.2 Å². The third kappa shape index (κ3) is 5.70. The van der Waals surface area contributed by atoms with Crippen molar-refractivity contribution in [1.82, 2.24) is 19.9 Å². The summed E-state index contributed by atoms with van der Waals surface area (Å²) in [4.78, 5) is 20.3. The van der Waals surface area contributed by atoms with Crippen LogP contribution in [0.1, 0.15) is 32.6 Å². The van der Waals surface area contributed by atoms with Crippen LogP contribution in [0.3, 0.4) is 0 Å². The number of morpholine rings is 1. The molecule has 1 N–H and O–H groups in total. The Kier molecular flexibility index (Phi) is 6.93. The second-order valence-electron chi connectivity index (χ2n) is 10.5. The zero-order valence-corrected chi connectivity index (χ0v) is 21.3. The van der Waals surface area contributed by atoms with E-state index in [4.69, 9.17) is 18.9 Å². The molecule has 1 aliphatic carbocycles. The molecule has 0 bridgehead atoms. The summed E-state index contributed by atoms with van der Waals surface area (Å²) in [5.41, 5.74) is 2.88. The number of anilines is 2. The lowest BCUT2D eigenvalue weighted by atomic mass is 9.90. The van der Waals surface area contributed by atoms with E-state index in [1.54, 1.807) is 24.8 Å². The molecule has 10 nitrogen and oxygen atoms in total. The van der Waals surface area contributed by atoms with Crippen LogP contribution >= 0.6 is 0 Å². The molecule has 3 aromatic rings. The van der Waals surface area contributed by atoms with Crippen molar-refractivity contribution < 1.29 is 18.9 Å². The van der Waals surface area contributed by atoms with Crippen LogP contribution in [0, 0.1) is 5.41 Å². The summed E-state index contributed by atoms with van der Waals surface area (Å²) >= 11 is 0. The third-order valence-electron chi connectivity index (χ3n) is 7.32. The predicted molar refractivity (Wildman–Crippen MR) is 139 cm³/mol. The quantitative estimate of drug-likeness (QED) is 0.488. The van der Waals surface area contributed by atoms with E-state index in [1.807, 2.05) is 0 Å². The van der Waals surface area contributed by atoms with Crippen LogP contribution in [-0.4, -0.2) is 78.2 Å². The number of benzene rings is 1. The van der Waals surface area contributed by atoms with Crippen molar-refractivity contribution in [1.29, 1.82) is 0 Å². The number of aromatic nitrogens is 4. The molecule has 37 heavy (non-hydrogen) atoms. The maximum absolute atomic E-state index is 6.54. The molecule has 0 unspecified atom stereocenters. The van der Waals surface area contributed by atoms with E-state index in [9.17, 15) is 0 Å². The van der Waals surface area contributed by atoms with Gasteiger partial charge in [-0.15, -0.1) is 0 Å². The Morgan fingerprint density at radius 3 is 2.46 bits per heavy atom. The molecule has 196 valence electrons. The van der Waals surface area contributed by atoms with Gasteiger partial charge in [0.2, 0.25) is 5.95 Å². The van der Waals surface area contributed by atoms with Crippen molar-refractivity contribution in [3.8, 4) is 11.5 Å². The van der Waals surface area contributed by atoms with Gasteiger partial charge in [-0.25, -0.2) is 15.0 Å². The molecule has 2 aliphatic heterocycles. The van der Waals surface area contributed by atoms with Crippen molar-refractivity contribution in [2.75, 3.05) is 56.3 Å². The average Bonchev–Trinajstić information content (AvgIpc) is 2.93. The topological polar surface area (TPSA) is 104 Å². The Morgan fingerprint density at radius 2 is 1.73 bits per heavy atom. The van der Waals surface area contributed by atoms with Crippen LogP contribution in [0.4, 0.5) is 11.6 Å². The molecule has 0 atom stereocenters. The fraction of sp³-hybridized carbons (Fsp3) is 0.556. The first-order chi connectivity index (χ1) is 18.1. The minimum atomic E-state index is 0.0975. The summed E-state index contributed by atoms with van der Waals surface area (Å²) < 4.78 is 23.2. The zero-order chi connectivity index (χ0) is 25.1. The molecule has 4 heterocycles. The Morgan fingerprint density at radius 1 is 0.973 bits per heavy atom. The number of hydrogen-bond acceptors (Lipinski definition) is 10. The highest BCUT2D eigenvalue weighted by Crippen LogP contribution is 2.33. The van der Waals surface area contributed by atoms with Gasteiger partial charge in [-0.1, -0.05) is 6.92 Å². The second kappa shape index (κ2) is 10.6. The van der Waals surface area contributed by atoms with Crippen LogP contribution in [-0.2, 0) is 9.47 Å². The van der Waals surface area contributed by atoms with Gasteiger partial charge < -0.3 is 29.2 Å². The zero-order valence-electron chi connectivity index (χ0n) is 21.3. The number of ether oxygens (including phenoxy) is 4. The lowest BCUT2D eigenvalue weighted by Gasteiger charge is -2.37. The van der Waals surface area contributed by atoms with Gasteiger partial charge in [0.05, 0.1) is 57.0 Å². The Hall–Kier alpha value is -3.24. The van der Waals surface area contributed by atoms with Crippen LogP contribution in [0.5, 0.6) is 11.5 Å². The van der Waals surface area contributed by atoms with Crippen LogP contribution in [0.2, 0.25) is 0 Å². The summed E-state index contributed by atoms with van der Waals surface area (Å²) in [5.74, 6) is 2.13. The van der Waals surface area contributed by atoms with Crippen LogP contribution in [0.15, 0.2) is 36.9 Å². The van der Waals surface area contributed by atoms with E-state index < -0.39 is 0 Å². The molecule has 0 amide bonds. The summed E-state index contributed by atoms with van der Waals surface area (Å²) in [7, 11) is 0. The normalized spacial score (nSPS) is 23.3. The highest BCUT2D eigenvalue weighted by atomic mass is 16.5. The summed E-state index contributed by atoms with van der Waals surface area (Å²) in [6, 6.07) is 4.52. The largest absolute Gasteiger partial charge is 0.490 e. The lowest BCUT2D eigenvalue weighted by molar-refractivity contribution is -0.120. The number of rotatable bonds is 8. The first-order valence-electron chi connectivity index (χ1n) is 13.2. The van der Waals surface area contributed by atoms with Crippen molar-refractivity contribution >= 4 is 22.7 Å². The first-order valence-corrected chi connectivity index (χ1v) is 13.2. The van der Waals surface area contributed by atoms with Gasteiger partial charge in [0.1, 0.15) is 11.3 Å². The molecule has 2 saturated heterocycles. The monoisotopic (exact) mass is 506 g/mol. The van der Waals surface area contributed by atoms with Gasteiger partial charge in [-0.2, -0.15) is 0 Å². The van der Waals surface area contributed by atoms with E-state index in [1.165, 1.54) is 0 Å². The van der Waals surface area contributed by atoms with E-state index >= 15 is 0 Å². The molecule has 3 fully saturated rings. The van der Waals surface area contributed by atoms with E-state index in [-0.39, 0.29) is 11.5 Å². The fourth-order valence-corrected chi connectivity index (χ4v) is 5.07. The molecule has 6 rings (SSSR count). The molecular formula is C27H34N6O4. The highest BCUT2D eigenvalue weighted by molar-refractivity contribution is 5.85. The molecular weight excluding hydrogens is 472 g/mol. The molecule has 1 aromatic carbocycles. The smallest absolute Gasteiger partial charge is 0.223 e. The summed E-state index contributed by atoms with van der Waals surface area (Å²) in [6.07, 6.45) is 10.9. The summed E-state index contributed by atoms with van der Waals surface area (Å²) in [5, 5.41) is 3.47. The summed E-state index contributed by atoms with van der Waals surface area (Å²) in [6.45, 7) is 7.45. The number of nitrogens with one attached hydrogen (secondary N) is 1. The molecule has 10 heteroatoms. The van der Waals surface area contributed by atoms with Crippen molar-refractivity contribution in [2.45, 2.75) is 44.8 Å². The van der Waals surface area contributed by atoms with Gasteiger partial charge >= 0.3 is 0 Å². The first kappa shape index (κ1) is 24.1. The minimum absolute atomic E-state index is 0.0975. The second-order valence-corrected chi connectivity index (χ2v) is 10.5. The van der Waals surface area contributed by atoms with Crippen molar-refractivity contribution in [2.24, 2.45) is 5.41 Å². The minimum Gasteiger partial charge on any atom is -0.490 e. The molecule has 0 spiro atoms. The average molecular weight is 507 g/mol. The standard InChI is InChI=1S/C27H34N6O4/c1-27(16-35-17-27)18-36-22-14-30-26(31-15-22)32-19-2-4-21(5-3-19)37-24-13-20(33-8-10-34-11-9-33)12-23-25(24)29-7-6-28-23/h6-7,12-15,19,21H,2-5,8-11,16-18H2,1H3,(H,30,31,32). The molecule has 2 aromatic heterocycles. The predicted octanol–water partition coefficient (Wildman–Crippen LogP) is 3.47. The number of hydrogen-bond donors (Lipinski definition) is 1. The van der Waals surface area contributed by atoms with Gasteiger partial charge in [-0.05, 0) is 31.7 Å². The SMILES string of the molecule is CC1(COc2cnc(NC3CCC(Oc4cc(N5CCOCC5)cc5nccnc45)CC3)nc2)COC1. The van der Waals surface area contributed by atoms with Gasteiger partial charge in [-0.3, -0.25) is 4.98 Å². The molecule has 1 saturated carbocycles. The van der Waals surface area contributed by atoms with Crippen LogP contribution in [0.25, 0.3) is 11.0 Å². The van der Waals surface area contributed by atoms with Gasteiger partial charge in [0.15, 0.2) is 5.75 Å². The third-order valence-corrected chi connectivity index (χ3v) is 7.32. The molecule has 3 aliphatic rings. The van der Waals surface area contributed by atoms with Gasteiger partial charge in [0, 0.05) is 48.7 Å². The maximum atomic E-state index is 6.54. The fourth-order valence-electron chi connectivity index (χ4n) is 5.07. The number of fused-ring (bicyclic) bond motifs is 1. The van der Waals surface area contributed by atoms with Crippen LogP contribution < -0.4 is 19.7 Å². The Bertz CT molecular complexity index is 1190. The van der Waals surface area contributed by atoms with Crippen molar-refractivity contribution in [3.63, 3.8) is 0 Å². The highest BCUT2D eigenvalue weighted by Gasteiger charge is 2.34. The Labute approximate surface area is 216 Å². The molecule has 0 radical (unpaired) electrons. The maximum Gasteiger partial charge on any atom is 0.223 e. The van der Waals surface area contributed by atoms with Gasteiger partial charge in [0.25, 0.3) is 0 Å².